The maximum atomic E-state index is 12.2. The van der Waals surface area contributed by atoms with E-state index in [1.54, 1.807) is 80.5 Å². The minimum atomic E-state index is -0.534. The molecule has 44 heavy (non-hydrogen) atoms. The van der Waals surface area contributed by atoms with Crippen LogP contribution < -0.4 is 4.74 Å². The van der Waals surface area contributed by atoms with Gasteiger partial charge in [-0.15, -0.1) is 0 Å². The Kier molecular flexibility index (Phi) is 12.6. The molecular weight excluding hydrogens is 554 g/mol. The number of ketones is 3. The molecule has 2 aromatic heterocycles. The minimum Gasteiger partial charge on any atom is -0.410 e. The van der Waals surface area contributed by atoms with Gasteiger partial charge in [0.1, 0.15) is 5.75 Å². The van der Waals surface area contributed by atoms with Crippen molar-refractivity contribution in [1.29, 1.82) is 0 Å². The van der Waals surface area contributed by atoms with Gasteiger partial charge in [-0.3, -0.25) is 29.3 Å². The third-order valence-corrected chi connectivity index (χ3v) is 6.63. The second-order valence-electron chi connectivity index (χ2n) is 12.4. The molecule has 0 bridgehead atoms. The third kappa shape index (κ3) is 10.8. The summed E-state index contributed by atoms with van der Waals surface area (Å²) >= 11 is 0. The second kappa shape index (κ2) is 15.7. The Morgan fingerprint density at radius 1 is 0.750 bits per heavy atom. The quantitative estimate of drug-likeness (QED) is 0.280. The number of allylic oxidation sites excluding steroid dienone is 2. The highest BCUT2D eigenvalue weighted by atomic mass is 16.6. The first-order valence-corrected chi connectivity index (χ1v) is 14.3. The van der Waals surface area contributed by atoms with Crippen LogP contribution in [0.4, 0.5) is 4.79 Å². The number of carbonyl (C=O) groups excluding carboxylic acids is 4. The summed E-state index contributed by atoms with van der Waals surface area (Å²) in [6, 6.07) is 14.3. The molecule has 3 heterocycles. The van der Waals surface area contributed by atoms with Gasteiger partial charge < -0.3 is 4.74 Å². The third-order valence-electron chi connectivity index (χ3n) is 6.63. The van der Waals surface area contributed by atoms with Gasteiger partial charge in [-0.05, 0) is 67.5 Å². The molecule has 1 aliphatic rings. The van der Waals surface area contributed by atoms with Crippen molar-refractivity contribution in [3.63, 3.8) is 0 Å². The number of para-hydroxylation sites is 1. The lowest BCUT2D eigenvalue weighted by atomic mass is 9.74. The fourth-order valence-electron chi connectivity index (χ4n) is 4.28. The summed E-state index contributed by atoms with van der Waals surface area (Å²) in [5.74, 6) is 0.547. The summed E-state index contributed by atoms with van der Waals surface area (Å²) < 4.78 is 5.28. The average Bonchev–Trinajstić information content (AvgIpc) is 2.97. The van der Waals surface area contributed by atoms with Gasteiger partial charge in [-0.1, -0.05) is 65.8 Å². The lowest BCUT2D eigenvalue weighted by Crippen LogP contribution is -2.32. The fraction of sp³-hybridized carbons (Fsp3) is 0.333. The number of carbonyl (C=O) groups is 4. The molecule has 3 aromatic rings. The van der Waals surface area contributed by atoms with Crippen molar-refractivity contribution in [3.8, 4) is 5.75 Å². The van der Waals surface area contributed by atoms with Crippen LogP contribution in [0.15, 0.2) is 97.4 Å². The lowest BCUT2D eigenvalue weighted by Gasteiger charge is -2.33. The Morgan fingerprint density at radius 2 is 1.39 bits per heavy atom. The van der Waals surface area contributed by atoms with E-state index in [0.29, 0.717) is 16.9 Å². The van der Waals surface area contributed by atoms with E-state index in [1.807, 2.05) is 18.2 Å². The normalized spacial score (nSPS) is 14.2. The van der Waals surface area contributed by atoms with Crippen LogP contribution in [-0.2, 0) is 10.2 Å². The van der Waals surface area contributed by atoms with Gasteiger partial charge in [0.15, 0.2) is 17.3 Å². The molecule has 1 unspecified atom stereocenters. The first-order chi connectivity index (χ1) is 20.5. The Bertz CT molecular complexity index is 1500. The molecule has 1 aliphatic heterocycles. The largest absolute Gasteiger partial charge is 0.423 e. The molecule has 0 aliphatic carbocycles. The van der Waals surface area contributed by atoms with E-state index in [-0.39, 0.29) is 34.1 Å². The lowest BCUT2D eigenvalue weighted by molar-refractivity contribution is -0.114. The molecule has 0 saturated heterocycles. The van der Waals surface area contributed by atoms with E-state index < -0.39 is 6.09 Å². The van der Waals surface area contributed by atoms with E-state index in [2.05, 4.69) is 51.5 Å². The molecule has 0 N–H and O–H groups in total. The number of rotatable bonds is 4. The van der Waals surface area contributed by atoms with Crippen LogP contribution in [0.3, 0.4) is 0 Å². The van der Waals surface area contributed by atoms with Crippen LogP contribution >= 0.6 is 0 Å². The van der Waals surface area contributed by atoms with E-state index in [0.717, 1.165) is 11.1 Å². The molecule has 1 aromatic carbocycles. The van der Waals surface area contributed by atoms with Crippen molar-refractivity contribution in [2.24, 2.45) is 11.3 Å². The van der Waals surface area contributed by atoms with Crippen LogP contribution in [0.2, 0.25) is 0 Å². The number of nitrogens with zero attached hydrogens (tertiary/aromatic N) is 3. The summed E-state index contributed by atoms with van der Waals surface area (Å²) in [5, 5.41) is 0. The number of Topliss-reactive ketones (excluding diaryl/α,β-unsaturated/α-hetero) is 3. The van der Waals surface area contributed by atoms with Crippen molar-refractivity contribution in [3.05, 3.63) is 114 Å². The van der Waals surface area contributed by atoms with E-state index in [4.69, 9.17) is 4.74 Å². The van der Waals surface area contributed by atoms with Gasteiger partial charge in [0.2, 0.25) is 0 Å². The van der Waals surface area contributed by atoms with Crippen LogP contribution in [0.5, 0.6) is 5.75 Å². The maximum absolute atomic E-state index is 12.2. The summed E-state index contributed by atoms with van der Waals surface area (Å²) in [6.45, 7) is 17.1. The minimum absolute atomic E-state index is 0.00391. The molecule has 8 nitrogen and oxygen atoms in total. The molecular formula is C36H43N3O5. The molecule has 0 spiro atoms. The topological polar surface area (TPSA) is 107 Å². The summed E-state index contributed by atoms with van der Waals surface area (Å²) in [4.78, 5) is 55.0. The summed E-state index contributed by atoms with van der Waals surface area (Å²) in [7, 11) is 0. The highest BCUT2D eigenvalue weighted by molar-refractivity contribution is 5.96. The number of hydrogen-bond donors (Lipinski definition) is 0. The highest BCUT2D eigenvalue weighted by Crippen LogP contribution is 2.36. The van der Waals surface area contributed by atoms with Crippen molar-refractivity contribution >= 4 is 23.4 Å². The van der Waals surface area contributed by atoms with Gasteiger partial charge in [0.25, 0.3) is 0 Å². The predicted octanol–water partition coefficient (Wildman–Crippen LogP) is 8.02. The first kappa shape index (κ1) is 35.5. The van der Waals surface area contributed by atoms with E-state index >= 15 is 0 Å². The molecule has 232 valence electrons. The zero-order chi connectivity index (χ0) is 33.1. The smallest absolute Gasteiger partial charge is 0.410 e. The van der Waals surface area contributed by atoms with Crippen LogP contribution in [0.25, 0.3) is 0 Å². The molecule has 0 radical (unpaired) electrons. The number of hydrogen-bond acceptors (Lipinski definition) is 7. The molecule has 4 rings (SSSR count). The van der Waals surface area contributed by atoms with Gasteiger partial charge >= 0.3 is 6.09 Å². The van der Waals surface area contributed by atoms with E-state index in [9.17, 15) is 19.2 Å². The Hall–Kier alpha value is -4.72. The predicted molar refractivity (Wildman–Crippen MR) is 172 cm³/mol. The monoisotopic (exact) mass is 597 g/mol. The van der Waals surface area contributed by atoms with Crippen molar-refractivity contribution in [2.75, 3.05) is 0 Å². The fourth-order valence-corrected chi connectivity index (χ4v) is 4.28. The Morgan fingerprint density at radius 3 is 1.84 bits per heavy atom. The number of benzene rings is 1. The zero-order valence-corrected chi connectivity index (χ0v) is 27.1. The molecule has 1 atom stereocenters. The van der Waals surface area contributed by atoms with Crippen molar-refractivity contribution in [1.82, 2.24) is 14.9 Å². The number of ether oxygens (including phenoxy) is 1. The number of aromatic nitrogens is 2. The van der Waals surface area contributed by atoms with Crippen LogP contribution in [0.1, 0.15) is 88.6 Å². The standard InChI is InChI=1S/C18H21NO3.C11H15NO.C7H7NO/c1-13(20)15-12-19(11-10-16(15)18(2,3)4)17(21)22-14-8-6-5-7-9-14;1-8(13)9-7-12-6-5-10(9)11(2,3)4;1-6(9)7-3-2-4-8-5-7/h5-12,16H,1-4H3;5-7H,1-4H3;2-5H,1H3. The van der Waals surface area contributed by atoms with Gasteiger partial charge in [0, 0.05) is 59.8 Å². The number of pyridine rings is 2. The average molecular weight is 598 g/mol. The number of amides is 1. The second-order valence-corrected chi connectivity index (χ2v) is 12.4. The van der Waals surface area contributed by atoms with Crippen molar-refractivity contribution in [2.45, 2.75) is 67.7 Å². The first-order valence-electron chi connectivity index (χ1n) is 14.3. The SMILES string of the molecule is CC(=O)C1=CN(C(=O)Oc2ccccc2)C=CC1C(C)(C)C.CC(=O)c1cccnc1.CC(=O)c1cnccc1C(C)(C)C. The Labute approximate surface area is 260 Å². The maximum Gasteiger partial charge on any atom is 0.423 e. The molecule has 0 fully saturated rings. The highest BCUT2D eigenvalue weighted by Gasteiger charge is 2.32. The van der Waals surface area contributed by atoms with Crippen molar-refractivity contribution < 1.29 is 23.9 Å². The van der Waals surface area contributed by atoms with Crippen LogP contribution in [-0.4, -0.2) is 38.3 Å². The zero-order valence-electron chi connectivity index (χ0n) is 27.1. The summed E-state index contributed by atoms with van der Waals surface area (Å²) in [5.41, 5.74) is 2.98. The Balaban J connectivity index is 0.000000258. The summed E-state index contributed by atoms with van der Waals surface area (Å²) in [6.07, 6.45) is 11.2. The van der Waals surface area contributed by atoms with E-state index in [1.165, 1.54) is 18.7 Å². The molecule has 0 saturated carbocycles. The van der Waals surface area contributed by atoms with Gasteiger partial charge in [0.05, 0.1) is 0 Å². The van der Waals surface area contributed by atoms with Gasteiger partial charge in [-0.2, -0.15) is 0 Å². The molecule has 8 heteroatoms. The van der Waals surface area contributed by atoms with Crippen LogP contribution in [0, 0.1) is 11.3 Å². The van der Waals surface area contributed by atoms with Gasteiger partial charge in [-0.25, -0.2) is 4.79 Å². The molecule has 1 amide bonds.